The Bertz CT molecular complexity index is 374. The minimum absolute atomic E-state index is 0.0156. The first-order valence-electron chi connectivity index (χ1n) is 3.24. The van der Waals surface area contributed by atoms with Crippen LogP contribution < -0.4 is 0 Å². The number of carboxylic acid groups (broad SMARTS) is 1. The van der Waals surface area contributed by atoms with E-state index in [-0.39, 0.29) is 21.2 Å². The molecule has 1 aromatic carbocycles. The highest BCUT2D eigenvalue weighted by molar-refractivity contribution is 6.44. The van der Waals surface area contributed by atoms with Gasteiger partial charge < -0.3 is 5.11 Å². The lowest BCUT2D eigenvalue weighted by molar-refractivity contribution is 0.0694. The lowest BCUT2D eigenvalue weighted by Gasteiger charge is -2.03. The number of hydrogen-bond donors (Lipinski definition) is 1. The minimum atomic E-state index is -1.27. The van der Waals surface area contributed by atoms with E-state index < -0.39 is 5.97 Å². The summed E-state index contributed by atoms with van der Waals surface area (Å²) in [5, 5.41) is 8.70. The van der Waals surface area contributed by atoms with E-state index in [9.17, 15) is 9.59 Å². The molecule has 1 aromatic rings. The topological polar surface area (TPSA) is 54.4 Å². The fraction of sp³-hybridized carbons (Fsp3) is 0. The molecule has 13 heavy (non-hydrogen) atoms. The summed E-state index contributed by atoms with van der Waals surface area (Å²) >= 11 is 11.2. The van der Waals surface area contributed by atoms with E-state index in [1.54, 1.807) is 0 Å². The molecule has 68 valence electrons. The van der Waals surface area contributed by atoms with Crippen LogP contribution in [-0.4, -0.2) is 17.4 Å². The number of rotatable bonds is 2. The molecule has 0 bridgehead atoms. The van der Waals surface area contributed by atoms with Crippen LogP contribution in [0.2, 0.25) is 10.0 Å². The SMILES string of the molecule is O=Cc1ccc(Cl)c(Cl)c1C(=O)O. The van der Waals surface area contributed by atoms with Gasteiger partial charge in [0.2, 0.25) is 0 Å². The molecule has 0 aliphatic rings. The van der Waals surface area contributed by atoms with Crippen molar-refractivity contribution in [2.75, 3.05) is 0 Å². The summed E-state index contributed by atoms with van der Waals surface area (Å²) in [6, 6.07) is 2.69. The highest BCUT2D eigenvalue weighted by atomic mass is 35.5. The van der Waals surface area contributed by atoms with Gasteiger partial charge in [-0.25, -0.2) is 4.79 Å². The van der Waals surface area contributed by atoms with E-state index in [0.717, 1.165) is 0 Å². The molecular weight excluding hydrogens is 215 g/mol. The van der Waals surface area contributed by atoms with Crippen molar-refractivity contribution in [1.82, 2.24) is 0 Å². The molecule has 1 rings (SSSR count). The maximum atomic E-state index is 10.7. The van der Waals surface area contributed by atoms with E-state index in [1.807, 2.05) is 0 Å². The summed E-state index contributed by atoms with van der Waals surface area (Å²) < 4.78 is 0. The Hall–Kier alpha value is -1.06. The molecule has 0 unspecified atom stereocenters. The van der Waals surface area contributed by atoms with Crippen LogP contribution in [0.4, 0.5) is 0 Å². The number of benzene rings is 1. The Labute approximate surface area is 83.9 Å². The van der Waals surface area contributed by atoms with Crippen molar-refractivity contribution in [3.63, 3.8) is 0 Å². The summed E-state index contributed by atoms with van der Waals surface area (Å²) in [4.78, 5) is 21.1. The molecule has 0 aliphatic carbocycles. The summed E-state index contributed by atoms with van der Waals surface area (Å²) in [6.07, 6.45) is 0.422. The van der Waals surface area contributed by atoms with Crippen molar-refractivity contribution in [3.8, 4) is 0 Å². The Morgan fingerprint density at radius 1 is 1.38 bits per heavy atom. The van der Waals surface area contributed by atoms with E-state index in [4.69, 9.17) is 28.3 Å². The van der Waals surface area contributed by atoms with E-state index in [0.29, 0.717) is 6.29 Å². The number of carbonyl (C=O) groups excluding carboxylic acids is 1. The highest BCUT2D eigenvalue weighted by Crippen LogP contribution is 2.27. The largest absolute Gasteiger partial charge is 0.478 e. The van der Waals surface area contributed by atoms with Gasteiger partial charge in [0.05, 0.1) is 15.6 Å². The zero-order valence-corrected chi connectivity index (χ0v) is 7.76. The van der Waals surface area contributed by atoms with Gasteiger partial charge >= 0.3 is 5.97 Å². The number of halogens is 2. The van der Waals surface area contributed by atoms with Crippen LogP contribution in [0, 0.1) is 0 Å². The molecule has 3 nitrogen and oxygen atoms in total. The summed E-state index contributed by atoms with van der Waals surface area (Å²) in [5.74, 6) is -1.27. The van der Waals surface area contributed by atoms with Crippen LogP contribution in [0.3, 0.4) is 0 Å². The fourth-order valence-corrected chi connectivity index (χ4v) is 1.29. The normalized spacial score (nSPS) is 9.69. The van der Waals surface area contributed by atoms with Crippen molar-refractivity contribution < 1.29 is 14.7 Å². The molecule has 1 N–H and O–H groups in total. The Morgan fingerprint density at radius 2 is 2.00 bits per heavy atom. The average molecular weight is 219 g/mol. The smallest absolute Gasteiger partial charge is 0.338 e. The second kappa shape index (κ2) is 3.77. The van der Waals surface area contributed by atoms with Gasteiger partial charge in [0, 0.05) is 5.56 Å². The summed E-state index contributed by atoms with van der Waals surface area (Å²) in [6.45, 7) is 0. The highest BCUT2D eigenvalue weighted by Gasteiger charge is 2.16. The summed E-state index contributed by atoms with van der Waals surface area (Å²) in [7, 11) is 0. The van der Waals surface area contributed by atoms with Crippen molar-refractivity contribution >= 4 is 35.5 Å². The Morgan fingerprint density at radius 3 is 2.46 bits per heavy atom. The first kappa shape index (κ1) is 10.0. The monoisotopic (exact) mass is 218 g/mol. The molecule has 0 aromatic heterocycles. The number of hydrogen-bond acceptors (Lipinski definition) is 2. The van der Waals surface area contributed by atoms with Crippen LogP contribution >= 0.6 is 23.2 Å². The molecule has 5 heteroatoms. The van der Waals surface area contributed by atoms with Crippen molar-refractivity contribution in [2.24, 2.45) is 0 Å². The standard InChI is InChI=1S/C8H4Cl2O3/c9-5-2-1-4(3-11)6(7(5)10)8(12)13/h1-3H,(H,12,13). The minimum Gasteiger partial charge on any atom is -0.478 e. The maximum Gasteiger partial charge on any atom is 0.338 e. The third kappa shape index (κ3) is 1.82. The summed E-state index contributed by atoms with van der Waals surface area (Å²) in [5.41, 5.74) is -0.244. The van der Waals surface area contributed by atoms with Gasteiger partial charge in [0.25, 0.3) is 0 Å². The molecule has 0 heterocycles. The van der Waals surface area contributed by atoms with Crippen LogP contribution in [0.25, 0.3) is 0 Å². The number of aromatic carboxylic acids is 1. The van der Waals surface area contributed by atoms with E-state index in [2.05, 4.69) is 0 Å². The first-order valence-corrected chi connectivity index (χ1v) is 4.00. The Balaban J connectivity index is 3.50. The number of aldehydes is 1. The van der Waals surface area contributed by atoms with Gasteiger partial charge in [-0.1, -0.05) is 23.2 Å². The third-order valence-electron chi connectivity index (χ3n) is 1.47. The molecule has 0 atom stereocenters. The van der Waals surface area contributed by atoms with Gasteiger partial charge in [-0.3, -0.25) is 4.79 Å². The van der Waals surface area contributed by atoms with Gasteiger partial charge in [-0.2, -0.15) is 0 Å². The van der Waals surface area contributed by atoms with Crippen LogP contribution in [0.1, 0.15) is 20.7 Å². The van der Waals surface area contributed by atoms with Gasteiger partial charge in [0.15, 0.2) is 6.29 Å². The lowest BCUT2D eigenvalue weighted by Crippen LogP contribution is -2.03. The molecular formula is C8H4Cl2O3. The number of carboxylic acids is 1. The lowest BCUT2D eigenvalue weighted by atomic mass is 10.1. The molecule has 0 saturated heterocycles. The van der Waals surface area contributed by atoms with Crippen LogP contribution in [0.15, 0.2) is 12.1 Å². The second-order valence-corrected chi connectivity index (χ2v) is 3.03. The fourth-order valence-electron chi connectivity index (χ4n) is 0.881. The predicted octanol–water partition coefficient (Wildman–Crippen LogP) is 2.50. The molecule has 0 amide bonds. The predicted molar refractivity (Wildman–Crippen MR) is 48.8 cm³/mol. The van der Waals surface area contributed by atoms with Crippen LogP contribution in [0.5, 0.6) is 0 Å². The third-order valence-corrected chi connectivity index (χ3v) is 2.27. The Kier molecular flexibility index (Phi) is 2.90. The zero-order chi connectivity index (χ0) is 10.0. The van der Waals surface area contributed by atoms with Crippen LogP contribution in [-0.2, 0) is 0 Å². The molecule has 0 saturated carbocycles. The second-order valence-electron chi connectivity index (χ2n) is 2.25. The molecule has 0 radical (unpaired) electrons. The molecule has 0 aliphatic heterocycles. The zero-order valence-electron chi connectivity index (χ0n) is 6.25. The van der Waals surface area contributed by atoms with Gasteiger partial charge in [-0.15, -0.1) is 0 Å². The van der Waals surface area contributed by atoms with E-state index >= 15 is 0 Å². The van der Waals surface area contributed by atoms with Gasteiger partial charge in [0.1, 0.15) is 0 Å². The molecule has 0 spiro atoms. The average Bonchev–Trinajstić information content (AvgIpc) is 2.08. The van der Waals surface area contributed by atoms with Crippen molar-refractivity contribution in [2.45, 2.75) is 0 Å². The molecule has 0 fully saturated rings. The van der Waals surface area contributed by atoms with Gasteiger partial charge in [-0.05, 0) is 12.1 Å². The number of carbonyl (C=O) groups is 2. The van der Waals surface area contributed by atoms with Crippen molar-refractivity contribution in [1.29, 1.82) is 0 Å². The quantitative estimate of drug-likeness (QED) is 0.777. The maximum absolute atomic E-state index is 10.7. The van der Waals surface area contributed by atoms with E-state index in [1.165, 1.54) is 12.1 Å². The first-order chi connectivity index (χ1) is 6.07. The van der Waals surface area contributed by atoms with Crippen molar-refractivity contribution in [3.05, 3.63) is 33.3 Å².